The van der Waals surface area contributed by atoms with Gasteiger partial charge in [0.15, 0.2) is 0 Å². The first-order chi connectivity index (χ1) is 5.27. The molecular weight excluding hydrogens is 138 g/mol. The van der Waals surface area contributed by atoms with Crippen LogP contribution in [0, 0.1) is 0 Å². The average molecular weight is 159 g/mol. The third kappa shape index (κ3) is 9.88. The van der Waals surface area contributed by atoms with Gasteiger partial charge in [0.25, 0.3) is 0 Å². The normalized spacial score (nSPS) is 10.9. The monoisotopic (exact) mass is 159 g/mol. The van der Waals surface area contributed by atoms with Gasteiger partial charge in [0.2, 0.25) is 0 Å². The van der Waals surface area contributed by atoms with Crippen molar-refractivity contribution in [1.82, 2.24) is 10.3 Å². The molecule has 0 bridgehead atoms. The van der Waals surface area contributed by atoms with Gasteiger partial charge in [-0.3, -0.25) is 10.9 Å². The van der Waals surface area contributed by atoms with E-state index in [1.54, 1.807) is 5.01 Å². The second-order valence-electron chi connectivity index (χ2n) is 3.00. The number of nitrogens with two attached hydrogens (primary N) is 1. The van der Waals surface area contributed by atoms with Gasteiger partial charge in [0.1, 0.15) is 0 Å². The van der Waals surface area contributed by atoms with E-state index in [1.165, 1.54) is 25.7 Å². The van der Waals surface area contributed by atoms with Crippen LogP contribution in [0.1, 0.15) is 25.7 Å². The summed E-state index contributed by atoms with van der Waals surface area (Å²) in [7, 11) is 3.90. The summed E-state index contributed by atoms with van der Waals surface area (Å²) in [6, 6.07) is 0. The van der Waals surface area contributed by atoms with Crippen molar-refractivity contribution in [2.24, 2.45) is 5.84 Å². The van der Waals surface area contributed by atoms with Crippen LogP contribution in [0.2, 0.25) is 0 Å². The van der Waals surface area contributed by atoms with Crippen LogP contribution in [0.5, 0.6) is 0 Å². The van der Waals surface area contributed by atoms with Gasteiger partial charge in [-0.25, -0.2) is 0 Å². The summed E-state index contributed by atoms with van der Waals surface area (Å²) in [4.78, 5) is 0. The maximum Gasteiger partial charge on any atom is 0.0125 e. The van der Waals surface area contributed by atoms with Crippen LogP contribution in [-0.2, 0) is 0 Å². The lowest BCUT2D eigenvalue weighted by Gasteiger charge is -2.08. The molecular formula is C8H21N3. The lowest BCUT2D eigenvalue weighted by molar-refractivity contribution is 0.337. The largest absolute Gasteiger partial charge is 0.320 e. The minimum Gasteiger partial charge on any atom is -0.320 e. The molecule has 0 heterocycles. The van der Waals surface area contributed by atoms with Crippen molar-refractivity contribution in [3.05, 3.63) is 0 Å². The number of nitrogens with zero attached hydrogens (tertiary/aromatic N) is 1. The van der Waals surface area contributed by atoms with E-state index in [-0.39, 0.29) is 0 Å². The second kappa shape index (κ2) is 7.98. The van der Waals surface area contributed by atoms with Gasteiger partial charge in [-0.1, -0.05) is 12.8 Å². The second-order valence-corrected chi connectivity index (χ2v) is 3.00. The van der Waals surface area contributed by atoms with E-state index < -0.39 is 0 Å². The van der Waals surface area contributed by atoms with E-state index >= 15 is 0 Å². The highest BCUT2D eigenvalue weighted by molar-refractivity contribution is 4.47. The number of hydrazine groups is 1. The Labute approximate surface area is 69.9 Å². The maximum atomic E-state index is 5.45. The van der Waals surface area contributed by atoms with Crippen molar-refractivity contribution in [3.63, 3.8) is 0 Å². The van der Waals surface area contributed by atoms with Gasteiger partial charge in [-0.15, -0.1) is 0 Å². The zero-order chi connectivity index (χ0) is 8.53. The fourth-order valence-corrected chi connectivity index (χ4v) is 1.02. The van der Waals surface area contributed by atoms with Gasteiger partial charge in [0, 0.05) is 13.6 Å². The van der Waals surface area contributed by atoms with E-state index in [2.05, 4.69) is 5.32 Å². The standard InChI is InChI=1S/C8H21N3/c1-10-7-5-3-4-6-8-11(2)9/h10H,3-9H2,1-2H3. The van der Waals surface area contributed by atoms with Gasteiger partial charge in [-0.05, 0) is 26.4 Å². The molecule has 0 unspecified atom stereocenters. The zero-order valence-electron chi connectivity index (χ0n) is 7.77. The molecule has 0 saturated heterocycles. The predicted molar refractivity (Wildman–Crippen MR) is 49.2 cm³/mol. The number of nitrogens with one attached hydrogen (secondary N) is 1. The topological polar surface area (TPSA) is 41.3 Å². The molecule has 0 aliphatic carbocycles. The molecule has 3 heteroatoms. The fraction of sp³-hybridized carbons (Fsp3) is 1.00. The van der Waals surface area contributed by atoms with Crippen molar-refractivity contribution in [2.75, 3.05) is 27.2 Å². The third-order valence-electron chi connectivity index (χ3n) is 1.69. The molecule has 0 spiro atoms. The molecule has 0 aromatic carbocycles. The Morgan fingerprint density at radius 2 is 1.82 bits per heavy atom. The van der Waals surface area contributed by atoms with Gasteiger partial charge in [-0.2, -0.15) is 0 Å². The third-order valence-corrected chi connectivity index (χ3v) is 1.69. The first kappa shape index (κ1) is 10.9. The highest BCUT2D eigenvalue weighted by Crippen LogP contribution is 1.98. The Morgan fingerprint density at radius 3 is 2.36 bits per heavy atom. The van der Waals surface area contributed by atoms with E-state index in [0.717, 1.165) is 13.1 Å². The van der Waals surface area contributed by atoms with Gasteiger partial charge < -0.3 is 5.32 Å². The van der Waals surface area contributed by atoms with E-state index in [9.17, 15) is 0 Å². The molecule has 0 rings (SSSR count). The molecule has 0 saturated carbocycles. The molecule has 0 aliphatic heterocycles. The van der Waals surface area contributed by atoms with Gasteiger partial charge >= 0.3 is 0 Å². The molecule has 0 aromatic heterocycles. The highest BCUT2D eigenvalue weighted by Gasteiger charge is 1.90. The van der Waals surface area contributed by atoms with Crippen molar-refractivity contribution >= 4 is 0 Å². The Kier molecular flexibility index (Phi) is 7.89. The first-order valence-electron chi connectivity index (χ1n) is 4.38. The Hall–Kier alpha value is -0.120. The molecule has 68 valence electrons. The SMILES string of the molecule is CNCCCCCCN(C)N. The quantitative estimate of drug-likeness (QED) is 0.324. The van der Waals surface area contributed by atoms with Gasteiger partial charge in [0.05, 0.1) is 0 Å². The van der Waals surface area contributed by atoms with Crippen LogP contribution in [0.15, 0.2) is 0 Å². The van der Waals surface area contributed by atoms with Crippen LogP contribution in [0.4, 0.5) is 0 Å². The first-order valence-corrected chi connectivity index (χ1v) is 4.38. The minimum absolute atomic E-state index is 1.01. The summed E-state index contributed by atoms with van der Waals surface area (Å²) >= 11 is 0. The lowest BCUT2D eigenvalue weighted by Crippen LogP contribution is -2.26. The number of rotatable bonds is 7. The summed E-state index contributed by atoms with van der Waals surface area (Å²) in [5.74, 6) is 5.45. The number of hydrogen-bond donors (Lipinski definition) is 2. The van der Waals surface area contributed by atoms with E-state index in [4.69, 9.17) is 5.84 Å². The minimum atomic E-state index is 1.01. The van der Waals surface area contributed by atoms with Crippen LogP contribution in [-0.4, -0.2) is 32.2 Å². The highest BCUT2D eigenvalue weighted by atomic mass is 15.4. The summed E-state index contributed by atoms with van der Waals surface area (Å²) in [5, 5.41) is 4.88. The van der Waals surface area contributed by atoms with Crippen molar-refractivity contribution in [3.8, 4) is 0 Å². The number of hydrogen-bond acceptors (Lipinski definition) is 3. The number of unbranched alkanes of at least 4 members (excludes halogenated alkanes) is 3. The van der Waals surface area contributed by atoms with Crippen molar-refractivity contribution < 1.29 is 0 Å². The summed E-state index contributed by atoms with van der Waals surface area (Å²) in [6.45, 7) is 2.15. The maximum absolute atomic E-state index is 5.45. The molecule has 0 fully saturated rings. The molecule has 3 N–H and O–H groups in total. The van der Waals surface area contributed by atoms with Crippen LogP contribution < -0.4 is 11.2 Å². The smallest absolute Gasteiger partial charge is 0.0125 e. The fourth-order valence-electron chi connectivity index (χ4n) is 1.02. The van der Waals surface area contributed by atoms with Crippen molar-refractivity contribution in [2.45, 2.75) is 25.7 Å². The zero-order valence-corrected chi connectivity index (χ0v) is 7.77. The van der Waals surface area contributed by atoms with Crippen LogP contribution >= 0.6 is 0 Å². The Balaban J connectivity index is 2.80. The summed E-state index contributed by atoms with van der Waals surface area (Å²) < 4.78 is 0. The Bertz CT molecular complexity index is 73.7. The van der Waals surface area contributed by atoms with E-state index in [1.807, 2.05) is 14.1 Å². The molecule has 3 nitrogen and oxygen atoms in total. The molecule has 0 atom stereocenters. The predicted octanol–water partition coefficient (Wildman–Crippen LogP) is 0.572. The molecule has 0 aliphatic rings. The summed E-state index contributed by atoms with van der Waals surface area (Å²) in [6.07, 6.45) is 5.11. The van der Waals surface area contributed by atoms with Crippen LogP contribution in [0.25, 0.3) is 0 Å². The molecule has 0 radical (unpaired) electrons. The van der Waals surface area contributed by atoms with E-state index in [0.29, 0.717) is 0 Å². The van der Waals surface area contributed by atoms with Crippen molar-refractivity contribution in [1.29, 1.82) is 0 Å². The summed E-state index contributed by atoms with van der Waals surface area (Å²) in [5.41, 5.74) is 0. The lowest BCUT2D eigenvalue weighted by atomic mass is 10.2. The Morgan fingerprint density at radius 1 is 1.18 bits per heavy atom. The van der Waals surface area contributed by atoms with Crippen LogP contribution in [0.3, 0.4) is 0 Å². The molecule has 0 amide bonds. The molecule has 0 aromatic rings. The molecule has 11 heavy (non-hydrogen) atoms. The average Bonchev–Trinajstić information content (AvgIpc) is 1.96.